The van der Waals surface area contributed by atoms with E-state index < -0.39 is 11.6 Å². The molecule has 9 heteroatoms. The normalized spacial score (nSPS) is 15.0. The number of halogens is 2. The molecule has 2 N–H and O–H groups in total. The number of pyridine rings is 3. The number of anilines is 2. The summed E-state index contributed by atoms with van der Waals surface area (Å²) in [5.74, 6) is -0.224. The predicted molar refractivity (Wildman–Crippen MR) is 147 cm³/mol. The molecule has 2 fully saturated rings. The Bertz CT molecular complexity index is 1340. The Morgan fingerprint density at radius 2 is 1.71 bits per heavy atom. The van der Waals surface area contributed by atoms with Crippen LogP contribution in [0.2, 0.25) is 0 Å². The summed E-state index contributed by atoms with van der Waals surface area (Å²) in [5, 5.41) is 7.13. The van der Waals surface area contributed by atoms with Crippen molar-refractivity contribution in [3.63, 3.8) is 0 Å². The van der Waals surface area contributed by atoms with Gasteiger partial charge in [0, 0.05) is 35.1 Å². The van der Waals surface area contributed by atoms with E-state index in [9.17, 15) is 8.78 Å². The smallest absolute Gasteiger partial charge is 0.168 e. The maximum Gasteiger partial charge on any atom is 0.168 e. The van der Waals surface area contributed by atoms with Crippen LogP contribution in [0.25, 0.3) is 22.3 Å². The van der Waals surface area contributed by atoms with Gasteiger partial charge in [-0.05, 0) is 69.3 Å². The molecule has 4 aromatic rings. The minimum atomic E-state index is -0.797. The fraction of sp³-hybridized carbons (Fsp3) is 0.414. The maximum absolute atomic E-state index is 13.9. The Balaban J connectivity index is 0.000000366. The molecule has 200 valence electrons. The summed E-state index contributed by atoms with van der Waals surface area (Å²) >= 11 is 0. The van der Waals surface area contributed by atoms with Crippen LogP contribution in [-0.4, -0.2) is 38.0 Å². The number of aryl methyl sites for hydroxylation is 1. The molecule has 38 heavy (non-hydrogen) atoms. The average molecular weight is 520 g/mol. The molecule has 2 aliphatic rings. The fourth-order valence-electron chi connectivity index (χ4n) is 4.52. The van der Waals surface area contributed by atoms with Crippen molar-refractivity contribution in [2.45, 2.75) is 65.2 Å². The van der Waals surface area contributed by atoms with Crippen molar-refractivity contribution in [1.29, 1.82) is 0 Å². The Morgan fingerprint density at radius 1 is 0.921 bits per heavy atom. The highest BCUT2D eigenvalue weighted by molar-refractivity contribution is 5.85. The van der Waals surface area contributed by atoms with Crippen LogP contribution >= 0.6 is 0 Å². The molecule has 0 unspecified atom stereocenters. The number of fused-ring (bicyclic) bond motifs is 1. The molecule has 0 amide bonds. The number of piperidine rings is 1. The second kappa shape index (κ2) is 13.3. The van der Waals surface area contributed by atoms with Gasteiger partial charge in [-0.25, -0.2) is 28.7 Å². The van der Waals surface area contributed by atoms with Gasteiger partial charge in [-0.2, -0.15) is 0 Å². The van der Waals surface area contributed by atoms with E-state index in [4.69, 9.17) is 9.97 Å². The van der Waals surface area contributed by atoms with E-state index in [1.54, 1.807) is 24.5 Å². The van der Waals surface area contributed by atoms with Crippen molar-refractivity contribution in [1.82, 2.24) is 30.2 Å². The van der Waals surface area contributed by atoms with Crippen LogP contribution in [0.15, 0.2) is 43.0 Å². The monoisotopic (exact) mass is 519 g/mol. The molecule has 0 spiro atoms. The van der Waals surface area contributed by atoms with E-state index in [-0.39, 0.29) is 5.82 Å². The number of hydrogen-bond donors (Lipinski definition) is 2. The van der Waals surface area contributed by atoms with Crippen LogP contribution in [-0.2, 0) is 0 Å². The van der Waals surface area contributed by atoms with Gasteiger partial charge in [0.25, 0.3) is 0 Å². The third-order valence-electron chi connectivity index (χ3n) is 6.64. The standard InChI is InChI=1S/C22H18F2N6.C5H11N.C2H6/c1-12-20-16(13-3-2-4-13)10-25-11-18(20)29-21(28-12)14-5-6-26-19(7-14)30-22-17(24)8-15(23)9-27-22;1-2-4-6-5-3-1;1-2/h5-11,13H,2-4H2,1H3,(H,26,27,30);6H,1-5H2;1-2H3. The zero-order chi connectivity index (χ0) is 26.9. The SMILES string of the molecule is C1CCNCC1.CC.Cc1nc(-c2ccnc(Nc3ncc(F)cc3F)c2)nc2cncc(C3CCC3)c12. The van der Waals surface area contributed by atoms with Crippen molar-refractivity contribution in [2.24, 2.45) is 0 Å². The zero-order valence-electron chi connectivity index (χ0n) is 22.3. The minimum Gasteiger partial charge on any atom is -0.322 e. The highest BCUT2D eigenvalue weighted by Crippen LogP contribution is 2.39. The van der Waals surface area contributed by atoms with E-state index in [0.717, 1.165) is 28.9 Å². The van der Waals surface area contributed by atoms with Crippen LogP contribution in [0.5, 0.6) is 0 Å². The van der Waals surface area contributed by atoms with Crippen LogP contribution in [0.3, 0.4) is 0 Å². The summed E-state index contributed by atoms with van der Waals surface area (Å²) in [7, 11) is 0. The first kappa shape index (κ1) is 27.4. The van der Waals surface area contributed by atoms with E-state index in [0.29, 0.717) is 23.1 Å². The molecule has 5 heterocycles. The molecule has 1 saturated heterocycles. The number of rotatable bonds is 4. The van der Waals surface area contributed by atoms with Gasteiger partial charge >= 0.3 is 0 Å². The molecule has 1 saturated carbocycles. The van der Waals surface area contributed by atoms with Crippen LogP contribution in [0, 0.1) is 18.6 Å². The lowest BCUT2D eigenvalue weighted by Crippen LogP contribution is -2.21. The molecular formula is C29H35F2N7. The van der Waals surface area contributed by atoms with Crippen molar-refractivity contribution in [3.8, 4) is 11.4 Å². The number of nitrogens with zero attached hydrogens (tertiary/aromatic N) is 5. The van der Waals surface area contributed by atoms with Crippen molar-refractivity contribution < 1.29 is 8.78 Å². The summed E-state index contributed by atoms with van der Waals surface area (Å²) in [6.07, 6.45) is 14.0. The quantitative estimate of drug-likeness (QED) is 0.304. The van der Waals surface area contributed by atoms with E-state index in [1.165, 1.54) is 57.2 Å². The summed E-state index contributed by atoms with van der Waals surface area (Å²) < 4.78 is 27.0. The Hall–Kier alpha value is -3.59. The summed E-state index contributed by atoms with van der Waals surface area (Å²) in [6, 6.07) is 4.25. The first-order valence-corrected chi connectivity index (χ1v) is 13.5. The van der Waals surface area contributed by atoms with E-state index in [2.05, 4.69) is 25.6 Å². The number of nitrogens with one attached hydrogen (secondary N) is 2. The van der Waals surface area contributed by atoms with Gasteiger partial charge in [-0.15, -0.1) is 0 Å². The summed E-state index contributed by atoms with van der Waals surface area (Å²) in [4.78, 5) is 21.7. The van der Waals surface area contributed by atoms with Crippen LogP contribution in [0.1, 0.15) is 69.5 Å². The second-order valence-corrected chi connectivity index (χ2v) is 9.23. The molecule has 4 aromatic heterocycles. The predicted octanol–water partition coefficient (Wildman–Crippen LogP) is 6.87. The topological polar surface area (TPSA) is 88.5 Å². The lowest BCUT2D eigenvalue weighted by atomic mass is 9.79. The van der Waals surface area contributed by atoms with Gasteiger partial charge in [0.05, 0.1) is 17.9 Å². The largest absolute Gasteiger partial charge is 0.322 e. The first-order chi connectivity index (χ1) is 18.6. The van der Waals surface area contributed by atoms with Crippen LogP contribution in [0.4, 0.5) is 20.4 Å². The maximum atomic E-state index is 13.9. The highest BCUT2D eigenvalue weighted by Gasteiger charge is 2.23. The molecule has 1 aliphatic heterocycles. The van der Waals surface area contributed by atoms with Crippen molar-refractivity contribution in [3.05, 3.63) is 65.9 Å². The lowest BCUT2D eigenvalue weighted by Gasteiger charge is -2.26. The molecule has 7 nitrogen and oxygen atoms in total. The molecular weight excluding hydrogens is 484 g/mol. The second-order valence-electron chi connectivity index (χ2n) is 9.23. The summed E-state index contributed by atoms with van der Waals surface area (Å²) in [5.41, 5.74) is 3.64. The number of aromatic nitrogens is 5. The first-order valence-electron chi connectivity index (χ1n) is 13.5. The Kier molecular flexibility index (Phi) is 9.59. The zero-order valence-corrected chi connectivity index (χ0v) is 22.3. The minimum absolute atomic E-state index is 0.106. The van der Waals surface area contributed by atoms with Gasteiger partial charge < -0.3 is 10.6 Å². The van der Waals surface area contributed by atoms with Gasteiger partial charge in [0.15, 0.2) is 17.5 Å². The van der Waals surface area contributed by atoms with Crippen LogP contribution < -0.4 is 10.6 Å². The lowest BCUT2D eigenvalue weighted by molar-refractivity contribution is 0.421. The highest BCUT2D eigenvalue weighted by atomic mass is 19.1. The van der Waals surface area contributed by atoms with Gasteiger partial charge in [-0.3, -0.25) is 4.98 Å². The fourth-order valence-corrected chi connectivity index (χ4v) is 4.52. The van der Waals surface area contributed by atoms with Gasteiger partial charge in [0.2, 0.25) is 0 Å². The Labute approximate surface area is 222 Å². The number of hydrogen-bond acceptors (Lipinski definition) is 7. The Morgan fingerprint density at radius 3 is 2.34 bits per heavy atom. The molecule has 0 bridgehead atoms. The average Bonchev–Trinajstić information content (AvgIpc) is 2.92. The molecule has 0 aromatic carbocycles. The molecule has 0 radical (unpaired) electrons. The third kappa shape index (κ3) is 6.64. The molecule has 0 atom stereocenters. The van der Waals surface area contributed by atoms with Crippen molar-refractivity contribution in [2.75, 3.05) is 18.4 Å². The molecule has 6 rings (SSSR count). The van der Waals surface area contributed by atoms with Crippen molar-refractivity contribution >= 4 is 22.5 Å². The van der Waals surface area contributed by atoms with Gasteiger partial charge in [0.1, 0.15) is 11.6 Å². The summed E-state index contributed by atoms with van der Waals surface area (Å²) in [6.45, 7) is 8.48. The van der Waals surface area contributed by atoms with E-state index in [1.807, 2.05) is 27.0 Å². The third-order valence-corrected chi connectivity index (χ3v) is 6.64. The molecule has 1 aliphatic carbocycles. The van der Waals surface area contributed by atoms with Gasteiger partial charge in [-0.1, -0.05) is 26.7 Å². The van der Waals surface area contributed by atoms with E-state index >= 15 is 0 Å².